The number of hydrogen-bond acceptors (Lipinski definition) is 6. The van der Waals surface area contributed by atoms with E-state index in [9.17, 15) is 0 Å². The Labute approximate surface area is 304 Å². The summed E-state index contributed by atoms with van der Waals surface area (Å²) in [4.78, 5) is 10.0. The second kappa shape index (κ2) is 21.8. The Balaban J connectivity index is 0.000000265. The maximum atomic E-state index is 4.98. The Bertz CT molecular complexity index is 1270. The molecule has 3 aromatic rings. The van der Waals surface area contributed by atoms with Crippen molar-refractivity contribution >= 4 is 48.4 Å². The molecule has 5 nitrogen and oxygen atoms in total. The van der Waals surface area contributed by atoms with Crippen molar-refractivity contribution in [2.24, 2.45) is 0 Å². The van der Waals surface area contributed by atoms with Gasteiger partial charge < -0.3 is 37.0 Å². The van der Waals surface area contributed by atoms with E-state index >= 15 is 0 Å². The molecule has 0 unspecified atom stereocenters. The maximum Gasteiger partial charge on any atom is 0.0146 e. The van der Waals surface area contributed by atoms with E-state index in [-0.39, 0.29) is 0 Å². The summed E-state index contributed by atoms with van der Waals surface area (Å²) < 4.78 is 7.19. The zero-order chi connectivity index (χ0) is 34.1. The van der Waals surface area contributed by atoms with Crippen LogP contribution >= 0.6 is 19.8 Å². The molecule has 0 saturated carbocycles. The van der Waals surface area contributed by atoms with Crippen LogP contribution < -0.4 is 9.80 Å². The predicted molar refractivity (Wildman–Crippen MR) is 207 cm³/mol. The number of nitrogens with zero attached hydrogens (tertiary/aromatic N) is 4. The van der Waals surface area contributed by atoms with E-state index in [2.05, 4.69) is 149 Å². The van der Waals surface area contributed by atoms with Gasteiger partial charge in [0.15, 0.2) is 0 Å². The van der Waals surface area contributed by atoms with Crippen LogP contribution in [0.25, 0.3) is 0 Å². The third-order valence-electron chi connectivity index (χ3n) is 7.31. The third kappa shape index (κ3) is 13.6. The predicted octanol–water partition coefficient (Wildman–Crippen LogP) is 9.07. The van der Waals surface area contributed by atoms with E-state index in [4.69, 9.17) is 17.4 Å². The first kappa shape index (κ1) is 40.2. The average Bonchev–Trinajstić information content (AvgIpc) is 3.66. The van der Waals surface area contributed by atoms with E-state index in [0.29, 0.717) is 13.2 Å². The first-order valence-electron chi connectivity index (χ1n) is 15.8. The number of aryl methyl sites for hydroxylation is 6. The SMILES string of the molecule is CCCN1C=CN(CCOC)[CH-]1.C[CH]=[Ru][I].Cc1cc(C)c(N2[CH-]N(c3c(C)cc(C)cc3C)CC2)c(C)c1.[S-]c1ccccc1. The van der Waals surface area contributed by atoms with Gasteiger partial charge in [-0.3, -0.25) is 0 Å². The van der Waals surface area contributed by atoms with E-state index in [1.807, 2.05) is 30.3 Å². The van der Waals surface area contributed by atoms with Gasteiger partial charge in [0, 0.05) is 38.1 Å². The number of halogens is 1. The molecular formula is C38H53IN4ORuS-3. The average molecular weight is 842 g/mol. The molecule has 0 amide bonds. The summed E-state index contributed by atoms with van der Waals surface area (Å²) >= 11 is 7.78. The number of methoxy groups -OCH3 is 1. The monoisotopic (exact) mass is 842 g/mol. The molecule has 0 N–H and O–H groups in total. The topological polar surface area (TPSA) is 22.2 Å². The summed E-state index contributed by atoms with van der Waals surface area (Å²) in [5.41, 5.74) is 10.8. The Morgan fingerprint density at radius 2 is 1.22 bits per heavy atom. The molecule has 5 rings (SSSR count). The Kier molecular flexibility index (Phi) is 19.0. The van der Waals surface area contributed by atoms with Gasteiger partial charge in [-0.1, -0.05) is 72.6 Å². The number of benzene rings is 3. The van der Waals surface area contributed by atoms with Crippen molar-refractivity contribution in [3.05, 3.63) is 114 Å². The fraction of sp³-hybridized carbons (Fsp3) is 0.395. The molecule has 46 heavy (non-hydrogen) atoms. The van der Waals surface area contributed by atoms with Crippen LogP contribution in [0.15, 0.2) is 71.9 Å². The standard InChI is InChI=1S/C21H27N2.C9H17N2O.C6H6S.C2H4.HI.Ru/c1-14-9-16(3)20(17(4)10-14)22-7-8-23(13-22)21-18(5)11-15(2)12-19(21)6;1-3-4-10-5-6-11(9-10)7-8-12-2;7-6-4-2-1-3-5-6;1-2;;/h9-13H,7-8H2,1-6H3;5-6,9H,3-4,7-8H2,1-2H3;1-5,7H;1H,2H3;1H;/q2*-1;;;;+1/p-2. The Hall–Kier alpha value is -2.00. The Morgan fingerprint density at radius 3 is 1.57 bits per heavy atom. The van der Waals surface area contributed by atoms with Crippen LogP contribution in [0.3, 0.4) is 0 Å². The summed E-state index contributed by atoms with van der Waals surface area (Å²) in [6, 6.07) is 18.7. The molecule has 0 spiro atoms. The zero-order valence-corrected chi connectivity index (χ0v) is 33.9. The molecule has 8 heteroatoms. The van der Waals surface area contributed by atoms with E-state index < -0.39 is 0 Å². The number of rotatable bonds is 7. The molecule has 2 aliphatic heterocycles. The molecule has 0 atom stereocenters. The second-order valence-electron chi connectivity index (χ2n) is 11.5. The number of hydrogen-bond donors (Lipinski definition) is 0. The van der Waals surface area contributed by atoms with Gasteiger partial charge in [0.1, 0.15) is 0 Å². The molecule has 0 aromatic heterocycles. The largest absolute Gasteiger partial charge is 0.780 e. The van der Waals surface area contributed by atoms with Crippen molar-refractivity contribution in [3.8, 4) is 0 Å². The normalized spacial score (nSPS) is 13.9. The molecular weight excluding hydrogens is 788 g/mol. The van der Waals surface area contributed by atoms with Gasteiger partial charge in [-0.25, -0.2) is 0 Å². The van der Waals surface area contributed by atoms with Crippen molar-refractivity contribution in [3.63, 3.8) is 0 Å². The van der Waals surface area contributed by atoms with Crippen LogP contribution in [0.2, 0.25) is 0 Å². The van der Waals surface area contributed by atoms with E-state index in [0.717, 1.165) is 37.7 Å². The van der Waals surface area contributed by atoms with Crippen molar-refractivity contribution in [1.82, 2.24) is 9.80 Å². The first-order chi connectivity index (χ1) is 22.0. The van der Waals surface area contributed by atoms with Gasteiger partial charge in [0.2, 0.25) is 0 Å². The maximum absolute atomic E-state index is 4.98. The van der Waals surface area contributed by atoms with Crippen molar-refractivity contribution in [2.45, 2.75) is 66.7 Å². The smallest absolute Gasteiger partial charge is 0.0146 e. The van der Waals surface area contributed by atoms with Crippen LogP contribution in [0.4, 0.5) is 11.4 Å². The van der Waals surface area contributed by atoms with Crippen LogP contribution in [-0.4, -0.2) is 54.3 Å². The minimum absolute atomic E-state index is 0.584. The van der Waals surface area contributed by atoms with Crippen LogP contribution in [0, 0.1) is 54.9 Å². The quantitative estimate of drug-likeness (QED) is 0.102. The summed E-state index contributed by atoms with van der Waals surface area (Å²) in [5.74, 6) is 0. The Morgan fingerprint density at radius 1 is 0.783 bits per heavy atom. The summed E-state index contributed by atoms with van der Waals surface area (Å²) in [7, 11) is 1.73. The second-order valence-corrected chi connectivity index (χ2v) is 15.9. The minimum Gasteiger partial charge on any atom is -0.780 e. The fourth-order valence-electron chi connectivity index (χ4n) is 5.67. The molecule has 1 fully saturated rings. The fourth-order valence-corrected chi connectivity index (χ4v) is 5.82. The number of ether oxygens (including phenoxy) is 1. The van der Waals surface area contributed by atoms with Crippen LogP contribution in [0.1, 0.15) is 53.6 Å². The van der Waals surface area contributed by atoms with Crippen molar-refractivity contribution in [1.29, 1.82) is 0 Å². The first-order valence-corrected chi connectivity index (χ1v) is 22.4. The summed E-state index contributed by atoms with van der Waals surface area (Å²) in [6.45, 7) is 26.8. The molecule has 255 valence electrons. The van der Waals surface area contributed by atoms with Crippen molar-refractivity contribution < 1.29 is 17.9 Å². The minimum atomic E-state index is 0.584. The third-order valence-corrected chi connectivity index (χ3v) is 10.6. The zero-order valence-electron chi connectivity index (χ0n) is 29.2. The van der Waals surface area contributed by atoms with Gasteiger partial charge in [-0.2, -0.15) is 18.2 Å². The van der Waals surface area contributed by atoms with Gasteiger partial charge in [-0.15, -0.1) is 0 Å². The number of anilines is 2. The van der Waals surface area contributed by atoms with Gasteiger partial charge in [0.05, 0.1) is 6.61 Å². The molecule has 0 radical (unpaired) electrons. The molecule has 0 bridgehead atoms. The molecule has 1 saturated heterocycles. The van der Waals surface area contributed by atoms with Gasteiger partial charge in [-0.05, 0) is 89.2 Å². The van der Waals surface area contributed by atoms with Gasteiger partial charge >= 0.3 is 44.4 Å². The van der Waals surface area contributed by atoms with Crippen LogP contribution in [0.5, 0.6) is 0 Å². The van der Waals surface area contributed by atoms with Gasteiger partial charge in [0.25, 0.3) is 0 Å². The molecule has 2 aliphatic rings. The van der Waals surface area contributed by atoms with Crippen LogP contribution in [-0.2, 0) is 30.5 Å². The van der Waals surface area contributed by atoms with E-state index in [1.165, 1.54) is 51.2 Å². The summed E-state index contributed by atoms with van der Waals surface area (Å²) in [6.07, 6.45) is 5.35. The molecule has 2 heterocycles. The van der Waals surface area contributed by atoms with Crippen molar-refractivity contribution in [2.75, 3.05) is 49.7 Å². The molecule has 3 aromatic carbocycles. The van der Waals surface area contributed by atoms with E-state index in [1.54, 1.807) is 7.11 Å². The molecule has 0 aliphatic carbocycles. The summed E-state index contributed by atoms with van der Waals surface area (Å²) in [5, 5.41) is 0.